The third-order valence-electron chi connectivity index (χ3n) is 15.4. The summed E-state index contributed by atoms with van der Waals surface area (Å²) in [7, 11) is -4.59. The van der Waals surface area contributed by atoms with Crippen LogP contribution in [0.25, 0.3) is 11.0 Å². The van der Waals surface area contributed by atoms with Gasteiger partial charge in [-0.3, -0.25) is 19.8 Å². The van der Waals surface area contributed by atoms with E-state index in [2.05, 4.69) is 56.0 Å². The minimum absolute atomic E-state index is 0.106. The summed E-state index contributed by atoms with van der Waals surface area (Å²) in [6.45, 7) is 8.73. The van der Waals surface area contributed by atoms with Crippen LogP contribution in [-0.4, -0.2) is 118 Å². The Hall–Kier alpha value is -5.79. The number of carbonyl (C=O) groups excluding carboxylic acids is 1. The van der Waals surface area contributed by atoms with Crippen molar-refractivity contribution in [2.24, 2.45) is 11.3 Å². The number of fused-ring (bicyclic) bond motifs is 3. The Morgan fingerprint density at radius 3 is 2.56 bits per heavy atom. The average Bonchev–Trinajstić information content (AvgIpc) is 3.94. The highest BCUT2D eigenvalue weighted by molar-refractivity contribution is 7.90. The smallest absolute Gasteiger partial charge is 0.293 e. The zero-order chi connectivity index (χ0) is 46.6. The Morgan fingerprint density at radius 2 is 1.75 bits per heavy atom. The number of H-pyrrole nitrogens is 1. The van der Waals surface area contributed by atoms with Crippen LogP contribution in [0.15, 0.2) is 83.9 Å². The van der Waals surface area contributed by atoms with Gasteiger partial charge < -0.3 is 39.0 Å². The van der Waals surface area contributed by atoms with Crippen LogP contribution in [-0.2, 0) is 24.2 Å². The molecule has 2 aromatic heterocycles. The number of amides is 1. The number of aryl methyl sites for hydroxylation is 1. The van der Waals surface area contributed by atoms with E-state index in [9.17, 15) is 23.3 Å². The molecule has 5 aliphatic heterocycles. The van der Waals surface area contributed by atoms with Crippen LogP contribution in [0.2, 0.25) is 0 Å². The second-order valence-corrected chi connectivity index (χ2v) is 21.1. The van der Waals surface area contributed by atoms with Crippen molar-refractivity contribution in [3.8, 4) is 5.88 Å². The first-order valence-corrected chi connectivity index (χ1v) is 25.5. The minimum Gasteiger partial charge on any atom is -0.468 e. The van der Waals surface area contributed by atoms with E-state index < -0.39 is 37.5 Å². The van der Waals surface area contributed by atoms with Crippen molar-refractivity contribution in [2.45, 2.75) is 81.0 Å². The summed E-state index contributed by atoms with van der Waals surface area (Å²) in [6, 6.07) is 22.2. The van der Waals surface area contributed by atoms with Crippen molar-refractivity contribution in [2.75, 3.05) is 80.9 Å². The van der Waals surface area contributed by atoms with E-state index >= 15 is 0 Å². The van der Waals surface area contributed by atoms with Gasteiger partial charge in [0, 0.05) is 75.4 Å². The molecule has 1 amide bonds. The molecule has 1 aliphatic carbocycles. The maximum Gasteiger partial charge on any atom is 0.293 e. The number of rotatable bonds is 11. The molecule has 3 N–H and O–H groups in total. The van der Waals surface area contributed by atoms with Gasteiger partial charge in [0.1, 0.15) is 23.1 Å². The second-order valence-electron chi connectivity index (χ2n) is 19.5. The third kappa shape index (κ3) is 8.54. The molecule has 3 aromatic carbocycles. The van der Waals surface area contributed by atoms with Crippen LogP contribution >= 0.6 is 0 Å². The number of pyridine rings is 1. The highest BCUT2D eigenvalue weighted by atomic mass is 32.2. The molecule has 18 heteroatoms. The van der Waals surface area contributed by atoms with Crippen molar-refractivity contribution < 1.29 is 37.1 Å². The lowest BCUT2D eigenvalue weighted by Crippen LogP contribution is -2.56. The Balaban J connectivity index is 0.870. The molecule has 0 radical (unpaired) electrons. The molecule has 1 saturated carbocycles. The van der Waals surface area contributed by atoms with Crippen molar-refractivity contribution in [1.29, 1.82) is 0 Å². The lowest BCUT2D eigenvalue weighted by molar-refractivity contribution is -0.384. The normalized spacial score (nSPS) is 23.3. The van der Waals surface area contributed by atoms with Gasteiger partial charge >= 0.3 is 0 Å². The highest BCUT2D eigenvalue weighted by Crippen LogP contribution is 2.53. The lowest BCUT2D eigenvalue weighted by atomic mass is 9.59. The van der Waals surface area contributed by atoms with Crippen LogP contribution in [0, 0.1) is 28.4 Å². The average molecular weight is 947 g/mol. The number of ether oxygens (including phenoxy) is 4. The zero-order valence-corrected chi connectivity index (χ0v) is 39.0. The van der Waals surface area contributed by atoms with E-state index in [1.165, 1.54) is 23.3 Å². The first-order chi connectivity index (χ1) is 33.0. The molecular weight excluding hydrogens is 889 g/mol. The van der Waals surface area contributed by atoms with E-state index in [0.29, 0.717) is 68.5 Å². The first-order valence-electron chi connectivity index (χ1n) is 24.0. The van der Waals surface area contributed by atoms with Crippen molar-refractivity contribution >= 4 is 55.4 Å². The van der Waals surface area contributed by atoms with Crippen LogP contribution in [0.3, 0.4) is 0 Å². The molecule has 11 rings (SSSR count). The van der Waals surface area contributed by atoms with Crippen LogP contribution < -0.4 is 24.6 Å². The number of hydrogen-bond acceptors (Lipinski definition) is 14. The predicted molar refractivity (Wildman–Crippen MR) is 256 cm³/mol. The Labute approximate surface area is 395 Å². The fourth-order valence-corrected chi connectivity index (χ4v) is 12.5. The van der Waals surface area contributed by atoms with Gasteiger partial charge in [-0.1, -0.05) is 24.3 Å². The molecule has 1 spiro atoms. The maximum atomic E-state index is 14.6. The van der Waals surface area contributed by atoms with Gasteiger partial charge in [-0.25, -0.2) is 13.1 Å². The minimum atomic E-state index is -4.59. The SMILES string of the molecule is Cc1ccccc1[C@H]1COCCCN1C1CC2(CCN(c3ccc(C(=O)NS(=O)(=O)c4ccc(NCC5CCOCC5)c([N+](=O)[O-])c4)c(N4c5cc6cc[nH]c6nc5O[C@@H]5COC[C@H]54)c3)CC2)C1. The van der Waals surface area contributed by atoms with Crippen molar-refractivity contribution in [3.05, 3.63) is 106 Å². The number of nitro groups is 1. The van der Waals surface area contributed by atoms with Crippen molar-refractivity contribution in [1.82, 2.24) is 19.6 Å². The molecule has 68 heavy (non-hydrogen) atoms. The highest BCUT2D eigenvalue weighted by Gasteiger charge is 2.50. The number of hydrogen-bond donors (Lipinski definition) is 3. The number of nitro benzene ring substituents is 1. The summed E-state index contributed by atoms with van der Waals surface area (Å²) in [6.07, 6.45) is 8.43. The number of anilines is 4. The number of benzene rings is 3. The van der Waals surface area contributed by atoms with E-state index in [4.69, 9.17) is 23.9 Å². The Bertz CT molecular complexity index is 2820. The van der Waals surface area contributed by atoms with E-state index in [-0.39, 0.29) is 34.7 Å². The summed E-state index contributed by atoms with van der Waals surface area (Å²) in [5.41, 5.74) is 5.47. The fourth-order valence-electron chi connectivity index (χ4n) is 11.5. The molecule has 5 fully saturated rings. The lowest BCUT2D eigenvalue weighted by Gasteiger charge is -2.56. The Kier molecular flexibility index (Phi) is 12.0. The largest absolute Gasteiger partial charge is 0.468 e. The van der Waals surface area contributed by atoms with Gasteiger partial charge in [0.05, 0.1) is 53.0 Å². The zero-order valence-electron chi connectivity index (χ0n) is 38.2. The second kappa shape index (κ2) is 18.3. The standard InChI is InChI=1S/C50H58N8O9S/c1-32-5-2-3-6-38(32)44-29-65-20-4-17-56(44)36-26-50(27-36)14-18-55(19-15-50)35-7-9-39(41(24-35)57-43-23-34-11-16-51-47(34)53-49(43)67-46-31-66-30-45(46)57)48(59)54-68(62,63)37-8-10-40(42(25-37)58(60)61)52-28-33-12-21-64-22-13-33/h2-3,5-11,16,23-25,33,36,44-46,52H,4,12-15,17-22,26-31H2,1H3,(H,51,53)(H,54,59)/t44-,45-,46-/m1/s1. The van der Waals surface area contributed by atoms with Crippen molar-refractivity contribution in [3.63, 3.8) is 0 Å². The molecular formula is C50H58N8O9S. The van der Waals surface area contributed by atoms with E-state index in [0.717, 1.165) is 88.3 Å². The number of nitrogens with one attached hydrogen (secondary N) is 3. The Morgan fingerprint density at radius 1 is 0.926 bits per heavy atom. The van der Waals surface area contributed by atoms with Gasteiger partial charge in [-0.05, 0) is 117 Å². The number of nitrogens with zero attached hydrogens (tertiary/aromatic N) is 5. The molecule has 358 valence electrons. The molecule has 7 heterocycles. The molecule has 5 aromatic rings. The van der Waals surface area contributed by atoms with Gasteiger partial charge in [-0.15, -0.1) is 0 Å². The monoisotopic (exact) mass is 946 g/mol. The van der Waals surface area contributed by atoms with Crippen LogP contribution in [0.5, 0.6) is 5.88 Å². The molecule has 0 bridgehead atoms. The van der Waals surface area contributed by atoms with E-state index in [1.807, 2.05) is 29.2 Å². The number of piperidine rings is 1. The number of aromatic amines is 1. The van der Waals surface area contributed by atoms with Gasteiger partial charge in [0.15, 0.2) is 0 Å². The maximum absolute atomic E-state index is 14.6. The molecule has 4 saturated heterocycles. The number of aromatic nitrogens is 2. The molecule has 0 unspecified atom stereocenters. The van der Waals surface area contributed by atoms with Gasteiger partial charge in [0.2, 0.25) is 5.88 Å². The van der Waals surface area contributed by atoms with Crippen LogP contribution in [0.1, 0.15) is 72.5 Å². The molecule has 3 atom stereocenters. The predicted octanol–water partition coefficient (Wildman–Crippen LogP) is 7.25. The molecule has 17 nitrogen and oxygen atoms in total. The summed E-state index contributed by atoms with van der Waals surface area (Å²) in [4.78, 5) is 40.9. The number of sulfonamides is 1. The fraction of sp³-hybridized carbons (Fsp3) is 0.480. The quantitative estimate of drug-likeness (QED) is 0.0886. The summed E-state index contributed by atoms with van der Waals surface area (Å²) in [5, 5.41) is 16.2. The summed E-state index contributed by atoms with van der Waals surface area (Å²) >= 11 is 0. The molecule has 6 aliphatic rings. The van der Waals surface area contributed by atoms with Crippen LogP contribution in [0.4, 0.5) is 28.4 Å². The van der Waals surface area contributed by atoms with Gasteiger partial charge in [-0.2, -0.15) is 4.98 Å². The summed E-state index contributed by atoms with van der Waals surface area (Å²) in [5.74, 6) is -0.239. The van der Waals surface area contributed by atoms with E-state index in [1.54, 1.807) is 12.3 Å². The number of carbonyl (C=O) groups is 1. The third-order valence-corrected chi connectivity index (χ3v) is 16.7. The summed E-state index contributed by atoms with van der Waals surface area (Å²) < 4.78 is 54.4. The van der Waals surface area contributed by atoms with Gasteiger partial charge in [0.25, 0.3) is 21.6 Å². The first kappa shape index (κ1) is 44.7. The topological polar surface area (TPSA) is 194 Å².